The van der Waals surface area contributed by atoms with Gasteiger partial charge in [0, 0.05) is 19.0 Å². The van der Waals surface area contributed by atoms with Gasteiger partial charge in [-0.15, -0.1) is 0 Å². The Morgan fingerprint density at radius 1 is 1.50 bits per heavy atom. The van der Waals surface area contributed by atoms with E-state index in [0.717, 1.165) is 0 Å². The van der Waals surface area contributed by atoms with Crippen LogP contribution in [-0.2, 0) is 9.47 Å². The van der Waals surface area contributed by atoms with Gasteiger partial charge in [0.25, 0.3) is 0 Å². The molecule has 0 aliphatic carbocycles. The van der Waals surface area contributed by atoms with Gasteiger partial charge in [0.05, 0.1) is 6.61 Å². The average Bonchev–Trinajstić information content (AvgIpc) is 2.93. The molecule has 3 rings (SSSR count). The van der Waals surface area contributed by atoms with Crippen molar-refractivity contribution >= 4 is 6.09 Å². The number of hydrogen-bond acceptors (Lipinski definition) is 5. The van der Waals surface area contributed by atoms with Crippen LogP contribution in [0.2, 0.25) is 0 Å². The van der Waals surface area contributed by atoms with Gasteiger partial charge in [-0.25, -0.2) is 9.69 Å². The lowest BCUT2D eigenvalue weighted by Crippen LogP contribution is -2.95. The number of ether oxygens (including phenoxy) is 2. The number of nitrogens with zero attached hydrogens (tertiary/aromatic N) is 2. The van der Waals surface area contributed by atoms with E-state index in [1.165, 1.54) is 4.90 Å². The molecule has 7 nitrogen and oxygen atoms in total. The Morgan fingerprint density at radius 2 is 2.20 bits per heavy atom. The zero-order chi connectivity index (χ0) is 14.8. The molecule has 0 aromatic heterocycles. The predicted octanol–water partition coefficient (Wildman–Crippen LogP) is 0.490. The van der Waals surface area contributed by atoms with E-state index >= 15 is 0 Å². The van der Waals surface area contributed by atoms with Crippen molar-refractivity contribution < 1.29 is 24.5 Å². The molecule has 0 saturated carbocycles. The van der Waals surface area contributed by atoms with Gasteiger partial charge in [0.15, 0.2) is 11.4 Å². The molecule has 3 aliphatic rings. The van der Waals surface area contributed by atoms with Crippen molar-refractivity contribution in [2.75, 3.05) is 26.4 Å². The Hall–Kier alpha value is -0.890. The van der Waals surface area contributed by atoms with Gasteiger partial charge in [-0.05, 0) is 13.3 Å². The number of rotatable bonds is 2. The molecule has 2 bridgehead atoms. The average molecular weight is 286 g/mol. The molecule has 0 radical (unpaired) electrons. The Balaban J connectivity index is 2.08. The maximum absolute atomic E-state index is 11.6. The maximum atomic E-state index is 11.6. The number of fused-ring (bicyclic) bond motifs is 2. The van der Waals surface area contributed by atoms with Crippen molar-refractivity contribution in [1.82, 2.24) is 9.80 Å². The second-order valence-corrected chi connectivity index (χ2v) is 6.11. The highest BCUT2D eigenvalue weighted by Crippen LogP contribution is 2.62. The summed E-state index contributed by atoms with van der Waals surface area (Å²) in [6, 6.07) is 0. The van der Waals surface area contributed by atoms with Crippen LogP contribution in [-0.4, -0.2) is 69.6 Å². The maximum Gasteiger partial charge on any atom is 0.409 e. The predicted molar refractivity (Wildman–Crippen MR) is 68.9 cm³/mol. The normalized spacial score (nSPS) is 48.2. The number of aliphatic hydroxyl groups is 1. The molecule has 3 saturated heterocycles. The molecular weight excluding hydrogens is 264 g/mol. The number of carbonyl (C=O) groups is 1. The zero-order valence-electron chi connectivity index (χ0n) is 12.1. The van der Waals surface area contributed by atoms with Gasteiger partial charge in [-0.2, -0.15) is 0 Å². The summed E-state index contributed by atoms with van der Waals surface area (Å²) in [6.07, 6.45) is -0.659. The standard InChI is InChI=1S/C13H22N2O5/c1-4-12-13(18,14-5-6-19-8-14)11(3,20-12)9(2)7-15(12)10(16)17/h9,18H,4-8H2,1-3H3,(H,16,17). The van der Waals surface area contributed by atoms with E-state index in [2.05, 4.69) is 0 Å². The van der Waals surface area contributed by atoms with Gasteiger partial charge in [0.1, 0.15) is 12.3 Å². The smallest absolute Gasteiger partial charge is 0.409 e. The van der Waals surface area contributed by atoms with Crippen LogP contribution in [0.4, 0.5) is 4.79 Å². The molecule has 0 aromatic carbocycles. The number of piperidine rings is 1. The van der Waals surface area contributed by atoms with Crippen molar-refractivity contribution in [1.29, 1.82) is 0 Å². The SMILES string of the molecule is CCC12OC(C)(C(C)CN1C(=O)O)C2(O)N1CCOC1. The van der Waals surface area contributed by atoms with Crippen LogP contribution < -0.4 is 0 Å². The minimum absolute atomic E-state index is 0.0994. The molecule has 3 aliphatic heterocycles. The first-order chi connectivity index (χ1) is 9.33. The lowest BCUT2D eigenvalue weighted by molar-refractivity contribution is -0.511. The van der Waals surface area contributed by atoms with E-state index in [0.29, 0.717) is 32.8 Å². The molecule has 7 heteroatoms. The first-order valence-electron chi connectivity index (χ1n) is 7.09. The molecule has 114 valence electrons. The van der Waals surface area contributed by atoms with Crippen LogP contribution in [0.15, 0.2) is 0 Å². The van der Waals surface area contributed by atoms with Crippen LogP contribution in [0.3, 0.4) is 0 Å². The van der Waals surface area contributed by atoms with E-state index in [1.54, 1.807) is 0 Å². The number of carboxylic acid groups (broad SMARTS) is 1. The number of hydrogen-bond donors (Lipinski definition) is 2. The second-order valence-electron chi connectivity index (χ2n) is 6.11. The molecule has 1 amide bonds. The van der Waals surface area contributed by atoms with E-state index in [1.807, 2.05) is 25.7 Å². The molecule has 4 unspecified atom stereocenters. The van der Waals surface area contributed by atoms with Gasteiger partial charge < -0.3 is 19.7 Å². The van der Waals surface area contributed by atoms with Crippen molar-refractivity contribution in [2.24, 2.45) is 5.92 Å². The molecule has 3 fully saturated rings. The van der Waals surface area contributed by atoms with Crippen molar-refractivity contribution in [3.05, 3.63) is 0 Å². The van der Waals surface area contributed by atoms with Crippen molar-refractivity contribution in [2.45, 2.75) is 44.2 Å². The Labute approximate surface area is 118 Å². The summed E-state index contributed by atoms with van der Waals surface area (Å²) in [5.74, 6) is -0.0994. The minimum Gasteiger partial charge on any atom is -0.465 e. The summed E-state index contributed by atoms with van der Waals surface area (Å²) in [5.41, 5.74) is -3.32. The Kier molecular flexibility index (Phi) is 2.86. The van der Waals surface area contributed by atoms with Gasteiger partial charge >= 0.3 is 6.09 Å². The molecule has 2 N–H and O–H groups in total. The van der Waals surface area contributed by atoms with E-state index in [9.17, 15) is 15.0 Å². The zero-order valence-corrected chi connectivity index (χ0v) is 12.1. The summed E-state index contributed by atoms with van der Waals surface area (Å²) in [4.78, 5) is 14.7. The van der Waals surface area contributed by atoms with E-state index in [-0.39, 0.29) is 5.92 Å². The molecule has 20 heavy (non-hydrogen) atoms. The highest BCUT2D eigenvalue weighted by atomic mass is 16.6. The second kappa shape index (κ2) is 4.07. The van der Waals surface area contributed by atoms with E-state index < -0.39 is 23.1 Å². The topological polar surface area (TPSA) is 82.5 Å². The molecule has 4 atom stereocenters. The third-order valence-electron chi connectivity index (χ3n) is 5.37. The van der Waals surface area contributed by atoms with Crippen LogP contribution in [0.25, 0.3) is 0 Å². The highest BCUT2D eigenvalue weighted by molar-refractivity contribution is 5.67. The summed E-state index contributed by atoms with van der Waals surface area (Å²) < 4.78 is 11.4. The monoisotopic (exact) mass is 286 g/mol. The van der Waals surface area contributed by atoms with Gasteiger partial charge in [-0.3, -0.25) is 4.90 Å². The summed E-state index contributed by atoms with van der Waals surface area (Å²) in [5, 5.41) is 20.9. The third-order valence-corrected chi connectivity index (χ3v) is 5.37. The Bertz CT molecular complexity index is 440. The fourth-order valence-corrected chi connectivity index (χ4v) is 4.09. The van der Waals surface area contributed by atoms with Crippen LogP contribution >= 0.6 is 0 Å². The highest BCUT2D eigenvalue weighted by Gasteiger charge is 2.82. The number of amides is 1. The first kappa shape index (κ1) is 14.1. The molecule has 0 spiro atoms. The third kappa shape index (κ3) is 1.27. The molecule has 3 heterocycles. The minimum atomic E-state index is -1.35. The molecule has 0 aromatic rings. The lowest BCUT2D eigenvalue weighted by Gasteiger charge is -2.75. The lowest BCUT2D eigenvalue weighted by atomic mass is 9.63. The Morgan fingerprint density at radius 3 is 2.70 bits per heavy atom. The summed E-state index contributed by atoms with van der Waals surface area (Å²) in [6.45, 7) is 7.41. The summed E-state index contributed by atoms with van der Waals surface area (Å²) >= 11 is 0. The largest absolute Gasteiger partial charge is 0.465 e. The van der Waals surface area contributed by atoms with Crippen LogP contribution in [0.5, 0.6) is 0 Å². The summed E-state index contributed by atoms with van der Waals surface area (Å²) in [7, 11) is 0. The van der Waals surface area contributed by atoms with Crippen LogP contribution in [0.1, 0.15) is 27.2 Å². The van der Waals surface area contributed by atoms with Crippen molar-refractivity contribution in [3.63, 3.8) is 0 Å². The number of likely N-dealkylation sites (tertiary alicyclic amines) is 1. The molecular formula is C13H22N2O5. The fourth-order valence-electron chi connectivity index (χ4n) is 4.09. The van der Waals surface area contributed by atoms with Gasteiger partial charge in [-0.1, -0.05) is 13.8 Å². The fraction of sp³-hybridized carbons (Fsp3) is 0.923. The van der Waals surface area contributed by atoms with Crippen molar-refractivity contribution in [3.8, 4) is 0 Å². The van der Waals surface area contributed by atoms with E-state index in [4.69, 9.17) is 9.47 Å². The van der Waals surface area contributed by atoms with Crippen LogP contribution in [0, 0.1) is 5.92 Å². The quantitative estimate of drug-likeness (QED) is 0.769. The first-order valence-corrected chi connectivity index (χ1v) is 7.09. The van der Waals surface area contributed by atoms with Gasteiger partial charge in [0.2, 0.25) is 0 Å².